The molecule has 1 aromatic heterocycles. The lowest BCUT2D eigenvalue weighted by Crippen LogP contribution is -2.60. The van der Waals surface area contributed by atoms with Crippen molar-refractivity contribution in [1.82, 2.24) is 25.5 Å². The lowest BCUT2D eigenvalue weighted by atomic mass is 9.84. The average Bonchev–Trinajstić information content (AvgIpc) is 3.11. The van der Waals surface area contributed by atoms with Gasteiger partial charge in [0.15, 0.2) is 0 Å². The number of fused-ring (bicyclic) bond motifs is 1. The molecule has 2 aliphatic rings. The number of benzene rings is 1. The summed E-state index contributed by atoms with van der Waals surface area (Å²) in [4.78, 5) is 22.8. The highest BCUT2D eigenvalue weighted by molar-refractivity contribution is 5.77. The van der Waals surface area contributed by atoms with Gasteiger partial charge in [0.25, 0.3) is 0 Å². The van der Waals surface area contributed by atoms with E-state index in [0.717, 1.165) is 23.3 Å². The molecule has 28 heavy (non-hydrogen) atoms. The number of rotatable bonds is 7. The number of aryl methyl sites for hydroxylation is 1. The molecule has 1 saturated carbocycles. The van der Waals surface area contributed by atoms with Gasteiger partial charge in [-0.15, -0.1) is 0 Å². The SMILES string of the molecule is CC(C)N1CCC(N[C@@H]2CC[C@@H]2NC(=O)CCc2nc3ccccc3[nH]2)CC1. The molecule has 6 nitrogen and oxygen atoms in total. The van der Waals surface area contributed by atoms with Crippen LogP contribution in [-0.2, 0) is 11.2 Å². The van der Waals surface area contributed by atoms with E-state index in [4.69, 9.17) is 0 Å². The zero-order valence-electron chi connectivity index (χ0n) is 17.1. The van der Waals surface area contributed by atoms with Crippen molar-refractivity contribution < 1.29 is 4.79 Å². The highest BCUT2D eigenvalue weighted by Gasteiger charge is 2.34. The summed E-state index contributed by atoms with van der Waals surface area (Å²) in [6.45, 7) is 6.90. The van der Waals surface area contributed by atoms with Crippen LogP contribution in [0.2, 0.25) is 0 Å². The molecule has 1 aliphatic heterocycles. The van der Waals surface area contributed by atoms with Crippen LogP contribution < -0.4 is 10.6 Å². The van der Waals surface area contributed by atoms with Gasteiger partial charge in [0.2, 0.25) is 5.91 Å². The van der Waals surface area contributed by atoms with Gasteiger partial charge in [0, 0.05) is 37.0 Å². The standard InChI is InChI=1S/C22H33N5O/c1-15(2)27-13-11-16(12-14-27)23-19-7-8-20(19)26-22(28)10-9-21-24-17-5-3-4-6-18(17)25-21/h3-6,15-16,19-20,23H,7-14H2,1-2H3,(H,24,25)(H,26,28)/t19-,20+/m1/s1. The first-order chi connectivity index (χ1) is 13.6. The number of hydrogen-bond acceptors (Lipinski definition) is 4. The Bertz CT molecular complexity index is 760. The Labute approximate surface area is 167 Å². The first-order valence-electron chi connectivity index (χ1n) is 10.8. The Morgan fingerprint density at radius 1 is 1.18 bits per heavy atom. The Balaban J connectivity index is 1.19. The summed E-state index contributed by atoms with van der Waals surface area (Å²) in [5.41, 5.74) is 1.99. The summed E-state index contributed by atoms with van der Waals surface area (Å²) < 4.78 is 0. The third-order valence-corrected chi connectivity index (χ3v) is 6.36. The van der Waals surface area contributed by atoms with E-state index in [-0.39, 0.29) is 11.9 Å². The van der Waals surface area contributed by atoms with Gasteiger partial charge >= 0.3 is 0 Å². The average molecular weight is 384 g/mol. The maximum absolute atomic E-state index is 12.4. The van der Waals surface area contributed by atoms with Crippen molar-refractivity contribution in [1.29, 1.82) is 0 Å². The second kappa shape index (κ2) is 8.62. The largest absolute Gasteiger partial charge is 0.352 e. The molecule has 0 radical (unpaired) electrons. The maximum Gasteiger partial charge on any atom is 0.220 e. The molecule has 152 valence electrons. The Hall–Kier alpha value is -1.92. The van der Waals surface area contributed by atoms with Crippen LogP contribution in [0, 0.1) is 0 Å². The third kappa shape index (κ3) is 4.55. The predicted octanol–water partition coefficient (Wildman–Crippen LogP) is 2.61. The fraction of sp³-hybridized carbons (Fsp3) is 0.636. The molecule has 1 aliphatic carbocycles. The topological polar surface area (TPSA) is 73.0 Å². The lowest BCUT2D eigenvalue weighted by molar-refractivity contribution is -0.122. The van der Waals surface area contributed by atoms with E-state index >= 15 is 0 Å². The van der Waals surface area contributed by atoms with E-state index in [2.05, 4.69) is 39.3 Å². The van der Waals surface area contributed by atoms with Gasteiger partial charge in [-0.25, -0.2) is 4.98 Å². The van der Waals surface area contributed by atoms with Crippen LogP contribution in [0.3, 0.4) is 0 Å². The molecule has 2 aromatic rings. The predicted molar refractivity (Wildman–Crippen MR) is 112 cm³/mol. The molecule has 1 amide bonds. The van der Waals surface area contributed by atoms with Crippen LogP contribution in [0.4, 0.5) is 0 Å². The minimum atomic E-state index is 0.131. The minimum absolute atomic E-state index is 0.131. The zero-order chi connectivity index (χ0) is 19.5. The molecular weight excluding hydrogens is 350 g/mol. The number of imidazole rings is 1. The van der Waals surface area contributed by atoms with E-state index < -0.39 is 0 Å². The Morgan fingerprint density at radius 3 is 2.61 bits per heavy atom. The van der Waals surface area contributed by atoms with Crippen molar-refractivity contribution in [3.05, 3.63) is 30.1 Å². The quantitative estimate of drug-likeness (QED) is 0.687. The molecule has 2 fully saturated rings. The first-order valence-corrected chi connectivity index (χ1v) is 10.8. The maximum atomic E-state index is 12.4. The van der Waals surface area contributed by atoms with Crippen LogP contribution >= 0.6 is 0 Å². The fourth-order valence-electron chi connectivity index (χ4n) is 4.39. The molecule has 0 bridgehead atoms. The van der Waals surface area contributed by atoms with Gasteiger partial charge in [0.1, 0.15) is 5.82 Å². The number of H-pyrrole nitrogens is 1. The number of nitrogens with zero attached hydrogens (tertiary/aromatic N) is 2. The van der Waals surface area contributed by atoms with E-state index in [1.807, 2.05) is 24.3 Å². The molecule has 4 rings (SSSR count). The molecular formula is C22H33N5O. The molecule has 3 N–H and O–H groups in total. The van der Waals surface area contributed by atoms with Crippen molar-refractivity contribution >= 4 is 16.9 Å². The summed E-state index contributed by atoms with van der Waals surface area (Å²) in [7, 11) is 0. The van der Waals surface area contributed by atoms with E-state index in [1.165, 1.54) is 32.4 Å². The molecule has 0 spiro atoms. The summed E-state index contributed by atoms with van der Waals surface area (Å²) in [6, 6.07) is 9.94. The van der Waals surface area contributed by atoms with Crippen molar-refractivity contribution in [2.24, 2.45) is 0 Å². The first kappa shape index (κ1) is 19.4. The summed E-state index contributed by atoms with van der Waals surface area (Å²) in [6.07, 6.45) is 5.80. The van der Waals surface area contributed by atoms with Gasteiger partial charge in [0.05, 0.1) is 11.0 Å². The Morgan fingerprint density at radius 2 is 1.93 bits per heavy atom. The lowest BCUT2D eigenvalue weighted by Gasteiger charge is -2.42. The molecule has 2 heterocycles. The highest BCUT2D eigenvalue weighted by atomic mass is 16.1. The van der Waals surface area contributed by atoms with Crippen LogP contribution in [0.1, 0.15) is 51.8 Å². The second-order valence-electron chi connectivity index (χ2n) is 8.63. The molecule has 1 saturated heterocycles. The van der Waals surface area contributed by atoms with Crippen molar-refractivity contribution in [2.75, 3.05) is 13.1 Å². The summed E-state index contributed by atoms with van der Waals surface area (Å²) >= 11 is 0. The van der Waals surface area contributed by atoms with Crippen molar-refractivity contribution in [3.63, 3.8) is 0 Å². The monoisotopic (exact) mass is 383 g/mol. The number of para-hydroxylation sites is 2. The molecule has 1 aromatic carbocycles. The summed E-state index contributed by atoms with van der Waals surface area (Å²) in [5, 5.41) is 7.04. The molecule has 6 heteroatoms. The van der Waals surface area contributed by atoms with Crippen molar-refractivity contribution in [3.8, 4) is 0 Å². The molecule has 0 unspecified atom stereocenters. The normalized spacial score (nSPS) is 23.8. The molecule has 2 atom stereocenters. The van der Waals surface area contributed by atoms with Gasteiger partial charge in [-0.3, -0.25) is 4.79 Å². The zero-order valence-corrected chi connectivity index (χ0v) is 17.1. The fourth-order valence-corrected chi connectivity index (χ4v) is 4.39. The van der Waals surface area contributed by atoms with E-state index in [0.29, 0.717) is 31.0 Å². The number of aromatic amines is 1. The van der Waals surface area contributed by atoms with Crippen LogP contribution in [0.5, 0.6) is 0 Å². The van der Waals surface area contributed by atoms with E-state index in [1.54, 1.807) is 0 Å². The number of hydrogen-bond donors (Lipinski definition) is 3. The van der Waals surface area contributed by atoms with Crippen LogP contribution in [-0.4, -0.2) is 58.0 Å². The number of likely N-dealkylation sites (tertiary alicyclic amines) is 1. The van der Waals surface area contributed by atoms with Crippen molar-refractivity contribution in [2.45, 2.75) is 76.5 Å². The van der Waals surface area contributed by atoms with Gasteiger partial charge in [-0.1, -0.05) is 12.1 Å². The number of carbonyl (C=O) groups excluding carboxylic acids is 1. The Kier molecular flexibility index (Phi) is 5.97. The number of piperidine rings is 1. The highest BCUT2D eigenvalue weighted by Crippen LogP contribution is 2.23. The number of carbonyl (C=O) groups is 1. The number of nitrogens with one attached hydrogen (secondary N) is 3. The minimum Gasteiger partial charge on any atom is -0.352 e. The second-order valence-corrected chi connectivity index (χ2v) is 8.63. The van der Waals surface area contributed by atoms with Crippen LogP contribution in [0.25, 0.3) is 11.0 Å². The van der Waals surface area contributed by atoms with Gasteiger partial charge in [-0.2, -0.15) is 0 Å². The smallest absolute Gasteiger partial charge is 0.220 e. The summed E-state index contributed by atoms with van der Waals surface area (Å²) in [5.74, 6) is 1.02. The number of amides is 1. The third-order valence-electron chi connectivity index (χ3n) is 6.36. The van der Waals surface area contributed by atoms with Gasteiger partial charge < -0.3 is 20.5 Å². The van der Waals surface area contributed by atoms with Gasteiger partial charge in [-0.05, 0) is 64.8 Å². The van der Waals surface area contributed by atoms with E-state index in [9.17, 15) is 4.79 Å². The number of aromatic nitrogens is 2. The van der Waals surface area contributed by atoms with Crippen LogP contribution in [0.15, 0.2) is 24.3 Å².